The number of carboxylic acids is 1. The average Bonchev–Trinajstić information content (AvgIpc) is 1.96. The van der Waals surface area contributed by atoms with E-state index in [1.54, 1.807) is 7.05 Å². The zero-order valence-electron chi connectivity index (χ0n) is 8.37. The summed E-state index contributed by atoms with van der Waals surface area (Å²) in [6.07, 6.45) is 1.89. The molecule has 0 heterocycles. The lowest BCUT2D eigenvalue weighted by Gasteiger charge is -2.30. The molecule has 4 nitrogen and oxygen atoms in total. The third-order valence-electron chi connectivity index (χ3n) is 1.71. The first-order chi connectivity index (χ1) is 5.75. The molecule has 0 atom stereocenters. The monoisotopic (exact) mass is 185 g/mol. The van der Waals surface area contributed by atoms with Crippen molar-refractivity contribution < 1.29 is 14.7 Å². The number of carbonyl (C=O) groups excluding carboxylic acids is 1. The molecule has 0 aromatic heterocycles. The second-order valence-corrected chi connectivity index (χ2v) is 3.74. The Hall–Kier alpha value is -1.32. The Kier molecular flexibility index (Phi) is 3.66. The van der Waals surface area contributed by atoms with Gasteiger partial charge in [0.25, 0.3) is 0 Å². The van der Waals surface area contributed by atoms with Crippen LogP contribution in [0.3, 0.4) is 0 Å². The van der Waals surface area contributed by atoms with Gasteiger partial charge in [0.1, 0.15) is 0 Å². The molecule has 0 saturated heterocycles. The maximum Gasteiger partial charge on any atom is 0.328 e. The maximum absolute atomic E-state index is 11.3. The van der Waals surface area contributed by atoms with Crippen LogP contribution in [0.5, 0.6) is 0 Å². The molecule has 13 heavy (non-hydrogen) atoms. The van der Waals surface area contributed by atoms with Crippen molar-refractivity contribution in [2.24, 2.45) is 0 Å². The Labute approximate surface area is 77.8 Å². The lowest BCUT2D eigenvalue weighted by Crippen LogP contribution is -2.41. The van der Waals surface area contributed by atoms with Crippen molar-refractivity contribution in [1.82, 2.24) is 4.90 Å². The van der Waals surface area contributed by atoms with E-state index in [0.29, 0.717) is 0 Å². The Balaban J connectivity index is 4.37. The van der Waals surface area contributed by atoms with E-state index in [0.717, 1.165) is 12.2 Å². The molecule has 1 amide bonds. The highest BCUT2D eigenvalue weighted by atomic mass is 16.4. The molecule has 0 aliphatic rings. The first-order valence-corrected chi connectivity index (χ1v) is 3.94. The first kappa shape index (κ1) is 11.7. The van der Waals surface area contributed by atoms with E-state index in [1.165, 1.54) is 4.90 Å². The minimum atomic E-state index is -1.12. The summed E-state index contributed by atoms with van der Waals surface area (Å²) in [4.78, 5) is 22.9. The number of carboxylic acid groups (broad SMARTS) is 1. The van der Waals surface area contributed by atoms with Crippen LogP contribution in [0.25, 0.3) is 0 Å². The Morgan fingerprint density at radius 2 is 1.69 bits per heavy atom. The van der Waals surface area contributed by atoms with Gasteiger partial charge >= 0.3 is 5.97 Å². The van der Waals surface area contributed by atoms with Crippen LogP contribution in [0.15, 0.2) is 12.2 Å². The van der Waals surface area contributed by atoms with Crippen LogP contribution in [0.4, 0.5) is 0 Å². The number of nitrogens with zero attached hydrogens (tertiary/aromatic N) is 1. The molecule has 0 bridgehead atoms. The Bertz CT molecular complexity index is 238. The topological polar surface area (TPSA) is 57.6 Å². The molecule has 0 saturated carbocycles. The first-order valence-electron chi connectivity index (χ1n) is 3.94. The highest BCUT2D eigenvalue weighted by molar-refractivity contribution is 5.94. The SMILES string of the molecule is CN(C(=O)/C=C/C(=O)O)C(C)(C)C. The van der Waals surface area contributed by atoms with Crippen molar-refractivity contribution >= 4 is 11.9 Å². The van der Waals surface area contributed by atoms with Crippen molar-refractivity contribution in [2.75, 3.05) is 7.05 Å². The van der Waals surface area contributed by atoms with Gasteiger partial charge in [-0.2, -0.15) is 0 Å². The smallest absolute Gasteiger partial charge is 0.328 e. The van der Waals surface area contributed by atoms with Gasteiger partial charge in [-0.1, -0.05) is 0 Å². The molecular formula is C9H15NO3. The van der Waals surface area contributed by atoms with Gasteiger partial charge in [-0.15, -0.1) is 0 Å². The molecule has 0 aliphatic carbocycles. The fourth-order valence-corrected chi connectivity index (χ4v) is 0.585. The molecule has 0 aromatic carbocycles. The molecule has 0 aromatic rings. The minimum absolute atomic E-state index is 0.292. The average molecular weight is 185 g/mol. The predicted molar refractivity (Wildman–Crippen MR) is 49.3 cm³/mol. The second kappa shape index (κ2) is 4.07. The number of hydrogen-bond donors (Lipinski definition) is 1. The van der Waals surface area contributed by atoms with Gasteiger partial charge in [0.15, 0.2) is 0 Å². The number of rotatable bonds is 2. The molecule has 0 radical (unpaired) electrons. The third-order valence-corrected chi connectivity index (χ3v) is 1.71. The minimum Gasteiger partial charge on any atom is -0.478 e. The van der Waals surface area contributed by atoms with E-state index >= 15 is 0 Å². The fraction of sp³-hybridized carbons (Fsp3) is 0.556. The van der Waals surface area contributed by atoms with Crippen LogP contribution in [-0.4, -0.2) is 34.5 Å². The maximum atomic E-state index is 11.3. The zero-order valence-corrected chi connectivity index (χ0v) is 8.37. The van der Waals surface area contributed by atoms with Crippen molar-refractivity contribution in [3.8, 4) is 0 Å². The van der Waals surface area contributed by atoms with Crippen molar-refractivity contribution in [3.63, 3.8) is 0 Å². The summed E-state index contributed by atoms with van der Waals surface area (Å²) in [5.41, 5.74) is -0.292. The zero-order chi connectivity index (χ0) is 10.6. The molecule has 0 rings (SSSR count). The highest BCUT2D eigenvalue weighted by Crippen LogP contribution is 2.10. The number of aliphatic carboxylic acids is 1. The number of likely N-dealkylation sites (N-methyl/N-ethyl adjacent to an activating group) is 1. The molecule has 0 spiro atoms. The van der Waals surface area contributed by atoms with Crippen molar-refractivity contribution in [2.45, 2.75) is 26.3 Å². The van der Waals surface area contributed by atoms with Crippen LogP contribution in [0, 0.1) is 0 Å². The van der Waals surface area contributed by atoms with Crippen LogP contribution in [0.2, 0.25) is 0 Å². The van der Waals surface area contributed by atoms with Gasteiger partial charge < -0.3 is 10.0 Å². The molecule has 4 heteroatoms. The summed E-state index contributed by atoms with van der Waals surface area (Å²) in [6, 6.07) is 0. The number of hydrogen-bond acceptors (Lipinski definition) is 2. The summed E-state index contributed by atoms with van der Waals surface area (Å²) in [7, 11) is 1.63. The quantitative estimate of drug-likeness (QED) is 0.650. The molecule has 1 N–H and O–H groups in total. The standard InChI is InChI=1S/C9H15NO3/c1-9(2,3)10(4)7(11)5-6-8(12)13/h5-6H,1-4H3,(H,12,13)/b6-5+. The van der Waals surface area contributed by atoms with E-state index in [9.17, 15) is 9.59 Å². The molecule has 0 fully saturated rings. The second-order valence-electron chi connectivity index (χ2n) is 3.74. The Morgan fingerprint density at radius 1 is 1.23 bits per heavy atom. The number of carbonyl (C=O) groups is 2. The van der Waals surface area contributed by atoms with Gasteiger partial charge in [-0.05, 0) is 20.8 Å². The van der Waals surface area contributed by atoms with Gasteiger partial charge in [0.2, 0.25) is 5.91 Å². The summed E-state index contributed by atoms with van der Waals surface area (Å²) in [6.45, 7) is 5.62. The summed E-state index contributed by atoms with van der Waals surface area (Å²) in [5.74, 6) is -1.43. The van der Waals surface area contributed by atoms with Gasteiger partial charge in [-0.25, -0.2) is 4.79 Å². The number of amides is 1. The van der Waals surface area contributed by atoms with Gasteiger partial charge in [0.05, 0.1) is 0 Å². The lowest BCUT2D eigenvalue weighted by molar-refractivity contribution is -0.133. The molecule has 74 valence electrons. The molecule has 0 unspecified atom stereocenters. The normalized spacial score (nSPS) is 11.7. The highest BCUT2D eigenvalue weighted by Gasteiger charge is 2.20. The summed E-state index contributed by atoms with van der Waals surface area (Å²) >= 11 is 0. The van der Waals surface area contributed by atoms with Gasteiger partial charge in [0, 0.05) is 24.7 Å². The molecule has 0 aliphatic heterocycles. The third kappa shape index (κ3) is 4.30. The predicted octanol–water partition coefficient (Wildman–Crippen LogP) is 0.884. The van der Waals surface area contributed by atoms with E-state index < -0.39 is 5.97 Å². The Morgan fingerprint density at radius 3 is 2.00 bits per heavy atom. The fourth-order valence-electron chi connectivity index (χ4n) is 0.585. The van der Waals surface area contributed by atoms with Crippen molar-refractivity contribution in [1.29, 1.82) is 0 Å². The van der Waals surface area contributed by atoms with E-state index in [1.807, 2.05) is 20.8 Å². The van der Waals surface area contributed by atoms with E-state index in [4.69, 9.17) is 5.11 Å². The van der Waals surface area contributed by atoms with Crippen LogP contribution < -0.4 is 0 Å². The van der Waals surface area contributed by atoms with Crippen LogP contribution in [0.1, 0.15) is 20.8 Å². The van der Waals surface area contributed by atoms with Gasteiger partial charge in [-0.3, -0.25) is 4.79 Å². The van der Waals surface area contributed by atoms with E-state index in [-0.39, 0.29) is 11.4 Å². The van der Waals surface area contributed by atoms with Crippen LogP contribution >= 0.6 is 0 Å². The lowest BCUT2D eigenvalue weighted by atomic mass is 10.1. The van der Waals surface area contributed by atoms with Crippen LogP contribution in [-0.2, 0) is 9.59 Å². The van der Waals surface area contributed by atoms with Crippen molar-refractivity contribution in [3.05, 3.63) is 12.2 Å². The van der Waals surface area contributed by atoms with E-state index in [2.05, 4.69) is 0 Å². The largest absolute Gasteiger partial charge is 0.478 e. The molecular weight excluding hydrogens is 170 g/mol. The summed E-state index contributed by atoms with van der Waals surface area (Å²) in [5, 5.41) is 8.29. The summed E-state index contributed by atoms with van der Waals surface area (Å²) < 4.78 is 0.